The van der Waals surface area contributed by atoms with Gasteiger partial charge in [-0.3, -0.25) is 0 Å². The van der Waals surface area contributed by atoms with Gasteiger partial charge in [0.2, 0.25) is 0 Å². The van der Waals surface area contributed by atoms with Crippen molar-refractivity contribution in [2.45, 2.75) is 33.1 Å². The third-order valence-corrected chi connectivity index (χ3v) is 5.97. The summed E-state index contributed by atoms with van der Waals surface area (Å²) in [6, 6.07) is 11.1. The highest BCUT2D eigenvalue weighted by Crippen LogP contribution is 2.35. The molecule has 2 aromatic heterocycles. The molecular weight excluding hydrogens is 370 g/mol. The molecule has 30 heavy (non-hydrogen) atoms. The maximum Gasteiger partial charge on any atom is 0.136 e. The third-order valence-electron chi connectivity index (χ3n) is 5.97. The minimum Gasteiger partial charge on any atom is -0.369 e. The first-order valence-corrected chi connectivity index (χ1v) is 11.0. The molecule has 0 saturated carbocycles. The smallest absolute Gasteiger partial charge is 0.136 e. The Morgan fingerprint density at radius 2 is 1.80 bits per heavy atom. The van der Waals surface area contributed by atoms with Gasteiger partial charge in [-0.05, 0) is 70.7 Å². The van der Waals surface area contributed by atoms with Gasteiger partial charge in [-0.15, -0.1) is 0 Å². The van der Waals surface area contributed by atoms with Crippen LogP contribution in [0.2, 0.25) is 0 Å². The van der Waals surface area contributed by atoms with Crippen molar-refractivity contribution in [2.24, 2.45) is 5.73 Å². The number of H-pyrrole nitrogens is 1. The number of nitrogens with one attached hydrogen (secondary N) is 2. The van der Waals surface area contributed by atoms with Crippen LogP contribution >= 0.6 is 0 Å². The number of rotatable bonds is 9. The van der Waals surface area contributed by atoms with E-state index >= 15 is 0 Å². The number of nitrogens with zero attached hydrogens (tertiary/aromatic N) is 2. The SMILES string of the molecule is Cc1ccc2c(ccc3c2[nH]c2c(C)cnc(NCCCN(C)CCCCN)c23)c1. The Balaban J connectivity index is 1.57. The summed E-state index contributed by atoms with van der Waals surface area (Å²) in [6.45, 7) is 8.14. The van der Waals surface area contributed by atoms with Gasteiger partial charge in [0.1, 0.15) is 5.82 Å². The second kappa shape index (κ2) is 9.02. The number of fused-ring (bicyclic) bond motifs is 5. The summed E-state index contributed by atoms with van der Waals surface area (Å²) in [7, 11) is 2.19. The summed E-state index contributed by atoms with van der Waals surface area (Å²) in [6.07, 6.45) is 5.32. The number of nitrogens with two attached hydrogens (primary N) is 1. The molecule has 4 rings (SSSR count). The van der Waals surface area contributed by atoms with Gasteiger partial charge in [0, 0.05) is 23.5 Å². The molecule has 0 amide bonds. The summed E-state index contributed by atoms with van der Waals surface area (Å²) < 4.78 is 0. The van der Waals surface area contributed by atoms with E-state index in [4.69, 9.17) is 10.7 Å². The maximum absolute atomic E-state index is 5.59. The Kier molecular flexibility index (Phi) is 6.21. The van der Waals surface area contributed by atoms with Crippen molar-refractivity contribution >= 4 is 38.4 Å². The van der Waals surface area contributed by atoms with Crippen LogP contribution in [-0.4, -0.2) is 48.1 Å². The number of aromatic amines is 1. The van der Waals surface area contributed by atoms with Crippen molar-refractivity contribution in [3.8, 4) is 0 Å². The zero-order valence-corrected chi connectivity index (χ0v) is 18.4. The second-order valence-electron chi connectivity index (χ2n) is 8.46. The van der Waals surface area contributed by atoms with Gasteiger partial charge in [-0.1, -0.05) is 35.9 Å². The number of pyridine rings is 1. The lowest BCUT2D eigenvalue weighted by molar-refractivity contribution is 0.325. The Labute approximate surface area is 178 Å². The van der Waals surface area contributed by atoms with Crippen LogP contribution < -0.4 is 11.1 Å². The zero-order chi connectivity index (χ0) is 21.1. The lowest BCUT2D eigenvalue weighted by Crippen LogP contribution is -2.23. The van der Waals surface area contributed by atoms with E-state index in [1.165, 1.54) is 50.1 Å². The molecule has 0 fully saturated rings. The molecule has 2 heterocycles. The molecule has 0 aliphatic carbocycles. The van der Waals surface area contributed by atoms with Gasteiger partial charge in [-0.25, -0.2) is 4.98 Å². The van der Waals surface area contributed by atoms with Crippen LogP contribution in [0.3, 0.4) is 0 Å². The Bertz CT molecular complexity index is 1160. The molecule has 0 atom stereocenters. The van der Waals surface area contributed by atoms with Crippen LogP contribution in [0.15, 0.2) is 36.5 Å². The third kappa shape index (κ3) is 4.13. The minimum atomic E-state index is 0.782. The van der Waals surface area contributed by atoms with Crippen LogP contribution in [-0.2, 0) is 0 Å². The molecule has 5 heteroatoms. The average molecular weight is 404 g/mol. The molecule has 4 aromatic rings. The standard InChI is InChI=1S/C25H33N5/c1-17-7-9-20-19(15-17)8-10-21-22-23(29-24(20)21)18(2)16-28-25(22)27-12-6-14-30(3)13-5-4-11-26/h7-10,15-16,29H,4-6,11-14,26H2,1-3H3,(H,27,28). The summed E-state index contributed by atoms with van der Waals surface area (Å²) in [5.41, 5.74) is 10.4. The highest BCUT2D eigenvalue weighted by molar-refractivity contribution is 6.20. The molecule has 0 aliphatic heterocycles. The van der Waals surface area contributed by atoms with Gasteiger partial charge in [0.15, 0.2) is 0 Å². The number of hydrogen-bond donors (Lipinski definition) is 3. The van der Waals surface area contributed by atoms with Gasteiger partial charge in [0.05, 0.1) is 16.4 Å². The number of benzene rings is 2. The Hall–Kier alpha value is -2.63. The van der Waals surface area contributed by atoms with E-state index in [9.17, 15) is 0 Å². The fraction of sp³-hybridized carbons (Fsp3) is 0.400. The molecule has 0 bridgehead atoms. The van der Waals surface area contributed by atoms with Crippen LogP contribution in [0.25, 0.3) is 32.6 Å². The largest absolute Gasteiger partial charge is 0.369 e. The van der Waals surface area contributed by atoms with E-state index < -0.39 is 0 Å². The lowest BCUT2D eigenvalue weighted by atomic mass is 10.0. The van der Waals surface area contributed by atoms with Crippen LogP contribution in [0.5, 0.6) is 0 Å². The van der Waals surface area contributed by atoms with Crippen molar-refractivity contribution in [2.75, 3.05) is 38.5 Å². The van der Waals surface area contributed by atoms with Gasteiger partial charge >= 0.3 is 0 Å². The van der Waals surface area contributed by atoms with Gasteiger partial charge in [-0.2, -0.15) is 0 Å². The Morgan fingerprint density at radius 1 is 1.00 bits per heavy atom. The van der Waals surface area contributed by atoms with Gasteiger partial charge in [0.25, 0.3) is 0 Å². The molecule has 5 nitrogen and oxygen atoms in total. The van der Waals surface area contributed by atoms with E-state index in [0.717, 1.165) is 44.8 Å². The summed E-state index contributed by atoms with van der Waals surface area (Å²) in [5.74, 6) is 0.971. The minimum absolute atomic E-state index is 0.782. The fourth-order valence-electron chi connectivity index (χ4n) is 4.27. The van der Waals surface area contributed by atoms with Crippen molar-refractivity contribution in [1.82, 2.24) is 14.9 Å². The molecule has 2 aromatic carbocycles. The number of aryl methyl sites for hydroxylation is 2. The van der Waals surface area contributed by atoms with E-state index in [0.29, 0.717) is 0 Å². The number of hydrogen-bond acceptors (Lipinski definition) is 4. The first-order valence-electron chi connectivity index (χ1n) is 11.0. The first-order chi connectivity index (χ1) is 14.6. The summed E-state index contributed by atoms with van der Waals surface area (Å²) >= 11 is 0. The fourth-order valence-corrected chi connectivity index (χ4v) is 4.27. The van der Waals surface area contributed by atoms with E-state index in [1.54, 1.807) is 0 Å². The maximum atomic E-state index is 5.59. The molecule has 0 unspecified atom stereocenters. The number of unbranched alkanes of at least 4 members (excludes halogenated alkanes) is 1. The molecule has 4 N–H and O–H groups in total. The van der Waals surface area contributed by atoms with E-state index in [1.807, 2.05) is 6.20 Å². The molecule has 158 valence electrons. The van der Waals surface area contributed by atoms with Crippen molar-refractivity contribution in [1.29, 1.82) is 0 Å². The molecule has 0 saturated heterocycles. The van der Waals surface area contributed by atoms with Crippen LogP contribution in [0.1, 0.15) is 30.4 Å². The van der Waals surface area contributed by atoms with E-state index in [2.05, 4.69) is 66.4 Å². The predicted molar refractivity (Wildman–Crippen MR) is 129 cm³/mol. The lowest BCUT2D eigenvalue weighted by Gasteiger charge is -2.16. The van der Waals surface area contributed by atoms with E-state index in [-0.39, 0.29) is 0 Å². The van der Waals surface area contributed by atoms with Crippen molar-refractivity contribution in [3.63, 3.8) is 0 Å². The van der Waals surface area contributed by atoms with Crippen molar-refractivity contribution < 1.29 is 0 Å². The predicted octanol–water partition coefficient (Wildman–Crippen LogP) is 4.96. The monoisotopic (exact) mass is 403 g/mol. The molecule has 0 radical (unpaired) electrons. The molecule has 0 aliphatic rings. The van der Waals surface area contributed by atoms with Crippen molar-refractivity contribution in [3.05, 3.63) is 47.7 Å². The number of aromatic nitrogens is 2. The molecular formula is C25H33N5. The van der Waals surface area contributed by atoms with Crippen LogP contribution in [0.4, 0.5) is 5.82 Å². The number of anilines is 1. The zero-order valence-electron chi connectivity index (χ0n) is 18.4. The molecule has 0 spiro atoms. The highest BCUT2D eigenvalue weighted by Gasteiger charge is 2.14. The quantitative estimate of drug-likeness (QED) is 0.346. The van der Waals surface area contributed by atoms with Crippen LogP contribution in [0, 0.1) is 13.8 Å². The average Bonchev–Trinajstić information content (AvgIpc) is 3.13. The topological polar surface area (TPSA) is 70.0 Å². The van der Waals surface area contributed by atoms with Gasteiger partial charge < -0.3 is 20.9 Å². The summed E-state index contributed by atoms with van der Waals surface area (Å²) in [4.78, 5) is 10.8. The Morgan fingerprint density at radius 3 is 2.63 bits per heavy atom. The first kappa shape index (κ1) is 20.6. The highest BCUT2D eigenvalue weighted by atomic mass is 15.1. The second-order valence-corrected chi connectivity index (χ2v) is 8.46. The normalized spacial score (nSPS) is 11.9. The summed E-state index contributed by atoms with van der Waals surface area (Å²) in [5, 5.41) is 8.56.